The van der Waals surface area contributed by atoms with Gasteiger partial charge in [-0.1, -0.05) is 48.3 Å². The molecule has 25 heavy (non-hydrogen) atoms. The summed E-state index contributed by atoms with van der Waals surface area (Å²) in [5.74, 6) is -0.539. The van der Waals surface area contributed by atoms with Crippen LogP contribution in [0.1, 0.15) is 43.9 Å². The molecule has 3 rings (SSSR count). The zero-order valence-electron chi connectivity index (χ0n) is 14.5. The van der Waals surface area contributed by atoms with Crippen LogP contribution in [0.4, 0.5) is 5.88 Å². The van der Waals surface area contributed by atoms with Gasteiger partial charge in [0.1, 0.15) is 0 Å². The van der Waals surface area contributed by atoms with Gasteiger partial charge in [-0.25, -0.2) is 0 Å². The molecule has 1 saturated carbocycles. The van der Waals surface area contributed by atoms with Gasteiger partial charge in [0.2, 0.25) is 5.88 Å². The summed E-state index contributed by atoms with van der Waals surface area (Å²) in [6, 6.07) is 11.3. The largest absolute Gasteiger partial charge is 0.452 e. The Morgan fingerprint density at radius 3 is 2.52 bits per heavy atom. The normalized spacial score (nSPS) is 17.0. The van der Waals surface area contributed by atoms with Crippen LogP contribution in [0.15, 0.2) is 40.9 Å². The van der Waals surface area contributed by atoms with Crippen LogP contribution in [-0.4, -0.2) is 23.1 Å². The van der Waals surface area contributed by atoms with Crippen molar-refractivity contribution >= 4 is 17.8 Å². The lowest BCUT2D eigenvalue weighted by Crippen LogP contribution is -2.39. The van der Waals surface area contributed by atoms with Crippen LogP contribution in [0.3, 0.4) is 0 Å². The first-order chi connectivity index (χ1) is 12.0. The highest BCUT2D eigenvalue weighted by Crippen LogP contribution is 2.42. The molecule has 1 aromatic heterocycles. The molecule has 6 heteroatoms. The molecule has 0 radical (unpaired) electrons. The molecule has 1 aromatic carbocycles. The van der Waals surface area contributed by atoms with Gasteiger partial charge >= 0.3 is 5.97 Å². The number of hydrogen-bond donors (Lipinski definition) is 1. The molecule has 1 N–H and O–H groups in total. The number of rotatable bonds is 5. The van der Waals surface area contributed by atoms with Gasteiger partial charge in [0.15, 0.2) is 6.10 Å². The van der Waals surface area contributed by atoms with Gasteiger partial charge in [-0.2, -0.15) is 0 Å². The Kier molecular flexibility index (Phi) is 4.88. The van der Waals surface area contributed by atoms with E-state index >= 15 is 0 Å². The van der Waals surface area contributed by atoms with E-state index in [1.54, 1.807) is 19.9 Å². The number of carbonyl (C=O) groups excluding carboxylic acids is 2. The highest BCUT2D eigenvalue weighted by atomic mass is 16.5. The number of ether oxygens (including phenoxy) is 1. The molecule has 2 aromatic rings. The predicted molar refractivity (Wildman–Crippen MR) is 92.0 cm³/mol. The Morgan fingerprint density at radius 2 is 1.92 bits per heavy atom. The second-order valence-corrected chi connectivity index (χ2v) is 6.52. The van der Waals surface area contributed by atoms with Gasteiger partial charge in [0, 0.05) is 6.07 Å². The number of hydrogen-bond acceptors (Lipinski definition) is 5. The van der Waals surface area contributed by atoms with Crippen LogP contribution < -0.4 is 5.32 Å². The highest BCUT2D eigenvalue weighted by molar-refractivity contribution is 5.95. The molecule has 1 aliphatic carbocycles. The Bertz CT molecular complexity index is 748. The van der Waals surface area contributed by atoms with Crippen molar-refractivity contribution in [3.63, 3.8) is 0 Å². The first kappa shape index (κ1) is 17.2. The van der Waals surface area contributed by atoms with Crippen molar-refractivity contribution in [2.24, 2.45) is 0 Å². The lowest BCUT2D eigenvalue weighted by molar-refractivity contribution is -0.159. The smallest absolute Gasteiger partial charge is 0.317 e. The maximum absolute atomic E-state index is 12.9. The zero-order valence-corrected chi connectivity index (χ0v) is 14.5. The average Bonchev–Trinajstić information content (AvgIpc) is 3.25. The molecule has 1 aliphatic rings. The first-order valence-corrected chi connectivity index (χ1v) is 8.52. The summed E-state index contributed by atoms with van der Waals surface area (Å²) in [4.78, 5) is 25.1. The SMILES string of the molecule is Cc1cc(NC(=O)[C@H](C)OC(=O)C2(c3ccccc3)CCCC2)on1. The van der Waals surface area contributed by atoms with Gasteiger partial charge in [-0.05, 0) is 32.3 Å². The van der Waals surface area contributed by atoms with Crippen molar-refractivity contribution in [2.45, 2.75) is 51.0 Å². The summed E-state index contributed by atoms with van der Waals surface area (Å²) < 4.78 is 10.5. The number of aromatic nitrogens is 1. The van der Waals surface area contributed by atoms with Gasteiger partial charge in [-0.3, -0.25) is 14.9 Å². The fourth-order valence-corrected chi connectivity index (χ4v) is 3.32. The molecule has 0 aliphatic heterocycles. The lowest BCUT2D eigenvalue weighted by Gasteiger charge is -2.28. The minimum atomic E-state index is -0.918. The molecule has 0 unspecified atom stereocenters. The summed E-state index contributed by atoms with van der Waals surface area (Å²) >= 11 is 0. The monoisotopic (exact) mass is 342 g/mol. The zero-order chi connectivity index (χ0) is 17.9. The minimum absolute atomic E-state index is 0.240. The number of nitrogens with zero attached hydrogens (tertiary/aromatic N) is 1. The summed E-state index contributed by atoms with van der Waals surface area (Å²) in [6.07, 6.45) is 2.51. The maximum atomic E-state index is 12.9. The molecule has 1 amide bonds. The van der Waals surface area contributed by atoms with Gasteiger partial charge in [0.05, 0.1) is 11.1 Å². The van der Waals surface area contributed by atoms with E-state index in [2.05, 4.69) is 10.5 Å². The van der Waals surface area contributed by atoms with E-state index in [1.165, 1.54) is 0 Å². The summed E-state index contributed by atoms with van der Waals surface area (Å²) in [5.41, 5.74) is 0.962. The minimum Gasteiger partial charge on any atom is -0.452 e. The number of anilines is 1. The van der Waals surface area contributed by atoms with E-state index in [0.717, 1.165) is 31.2 Å². The van der Waals surface area contributed by atoms with Gasteiger partial charge in [0.25, 0.3) is 5.91 Å². The van der Waals surface area contributed by atoms with E-state index < -0.39 is 17.4 Å². The number of benzene rings is 1. The molecule has 1 fully saturated rings. The van der Waals surface area contributed by atoms with E-state index in [-0.39, 0.29) is 11.9 Å². The second kappa shape index (κ2) is 7.09. The summed E-state index contributed by atoms with van der Waals surface area (Å²) in [6.45, 7) is 3.32. The number of aryl methyl sites for hydroxylation is 1. The Hall–Kier alpha value is -2.63. The molecule has 0 saturated heterocycles. The highest BCUT2D eigenvalue weighted by Gasteiger charge is 2.45. The van der Waals surface area contributed by atoms with Crippen LogP contribution >= 0.6 is 0 Å². The Labute approximate surface area is 146 Å². The fourth-order valence-electron chi connectivity index (χ4n) is 3.32. The van der Waals surface area contributed by atoms with Crippen LogP contribution in [0.5, 0.6) is 0 Å². The van der Waals surface area contributed by atoms with Crippen molar-refractivity contribution in [1.29, 1.82) is 0 Å². The molecular weight excluding hydrogens is 320 g/mol. The molecule has 1 heterocycles. The molecule has 6 nitrogen and oxygen atoms in total. The third-order valence-corrected chi connectivity index (χ3v) is 4.70. The van der Waals surface area contributed by atoms with Gasteiger partial charge in [-0.15, -0.1) is 0 Å². The number of amides is 1. The predicted octanol–water partition coefficient (Wildman–Crippen LogP) is 3.37. The van der Waals surface area contributed by atoms with E-state index in [9.17, 15) is 9.59 Å². The molecule has 0 bridgehead atoms. The Balaban J connectivity index is 1.70. The van der Waals surface area contributed by atoms with Crippen molar-refractivity contribution in [3.05, 3.63) is 47.7 Å². The van der Waals surface area contributed by atoms with Crippen molar-refractivity contribution in [3.8, 4) is 0 Å². The van der Waals surface area contributed by atoms with E-state index in [4.69, 9.17) is 9.26 Å². The van der Waals surface area contributed by atoms with Crippen molar-refractivity contribution in [1.82, 2.24) is 5.16 Å². The van der Waals surface area contributed by atoms with Crippen LogP contribution in [-0.2, 0) is 19.7 Å². The van der Waals surface area contributed by atoms with Gasteiger partial charge < -0.3 is 9.26 Å². The van der Waals surface area contributed by atoms with Crippen LogP contribution in [0, 0.1) is 6.92 Å². The summed E-state index contributed by atoms with van der Waals surface area (Å²) in [5, 5.41) is 6.27. The number of carbonyl (C=O) groups is 2. The van der Waals surface area contributed by atoms with Crippen molar-refractivity contribution in [2.75, 3.05) is 5.32 Å². The van der Waals surface area contributed by atoms with E-state index in [1.807, 2.05) is 30.3 Å². The van der Waals surface area contributed by atoms with Crippen LogP contribution in [0.25, 0.3) is 0 Å². The molecule has 132 valence electrons. The molecular formula is C19H22N2O4. The van der Waals surface area contributed by atoms with E-state index in [0.29, 0.717) is 5.69 Å². The lowest BCUT2D eigenvalue weighted by atomic mass is 9.79. The third-order valence-electron chi connectivity index (χ3n) is 4.70. The Morgan fingerprint density at radius 1 is 1.24 bits per heavy atom. The summed E-state index contributed by atoms with van der Waals surface area (Å²) in [7, 11) is 0. The average molecular weight is 342 g/mol. The molecule has 0 spiro atoms. The quantitative estimate of drug-likeness (QED) is 0.843. The van der Waals surface area contributed by atoms with Crippen molar-refractivity contribution < 1.29 is 18.8 Å². The number of esters is 1. The topological polar surface area (TPSA) is 81.4 Å². The third kappa shape index (κ3) is 3.57. The molecule has 1 atom stereocenters. The standard InChI is InChI=1S/C19H22N2O4/c1-13-12-16(25-21-13)20-17(22)14(2)24-18(23)19(10-6-7-11-19)15-8-4-3-5-9-15/h3-5,8-9,12,14H,6-7,10-11H2,1-2H3,(H,20,22)/t14-/m0/s1. The second-order valence-electron chi connectivity index (χ2n) is 6.52. The fraction of sp³-hybridized carbons (Fsp3) is 0.421. The maximum Gasteiger partial charge on any atom is 0.317 e. The van der Waals surface area contributed by atoms with Crippen LogP contribution in [0.2, 0.25) is 0 Å². The first-order valence-electron chi connectivity index (χ1n) is 8.52. The number of nitrogens with one attached hydrogen (secondary N) is 1.